The predicted molar refractivity (Wildman–Crippen MR) is 229 cm³/mol. The quantitative estimate of drug-likeness (QED) is 0.161. The van der Waals surface area contributed by atoms with Gasteiger partial charge in [0.25, 0.3) is 0 Å². The molecular formula is C52H33N4+. The Morgan fingerprint density at radius 1 is 0.446 bits per heavy atom. The number of benzene rings is 7. The van der Waals surface area contributed by atoms with Crippen LogP contribution in [0.2, 0.25) is 0 Å². The van der Waals surface area contributed by atoms with Gasteiger partial charge in [-0.3, -0.25) is 0 Å². The second-order valence-corrected chi connectivity index (χ2v) is 14.3. The number of fused-ring (bicyclic) bond motifs is 6. The number of hydrogen-bond acceptors (Lipinski definition) is 3. The summed E-state index contributed by atoms with van der Waals surface area (Å²) in [6.45, 7) is 0. The Balaban J connectivity index is 1.05. The first-order chi connectivity index (χ1) is 27.8. The number of rotatable bonds is 6. The summed E-state index contributed by atoms with van der Waals surface area (Å²) in [7, 11) is 0. The summed E-state index contributed by atoms with van der Waals surface area (Å²) in [5.41, 5.74) is 16.3. The average molecular weight is 714 g/mol. The first-order valence-electron chi connectivity index (χ1n) is 19.0. The Morgan fingerprint density at radius 2 is 1.05 bits per heavy atom. The van der Waals surface area contributed by atoms with Gasteiger partial charge < -0.3 is 4.57 Å². The lowest BCUT2D eigenvalue weighted by molar-refractivity contribution is 1.07. The third kappa shape index (κ3) is 5.32. The van der Waals surface area contributed by atoms with E-state index in [-0.39, 0.29) is 0 Å². The number of para-hydroxylation sites is 1. The molecule has 0 saturated heterocycles. The van der Waals surface area contributed by atoms with Crippen LogP contribution in [0.3, 0.4) is 0 Å². The van der Waals surface area contributed by atoms with Gasteiger partial charge in [0, 0.05) is 51.2 Å². The summed E-state index contributed by atoms with van der Waals surface area (Å²) in [5.74, 6) is 2.02. The van der Waals surface area contributed by atoms with Crippen LogP contribution in [0.4, 0.5) is 0 Å². The van der Waals surface area contributed by atoms with Crippen molar-refractivity contribution in [1.82, 2.24) is 19.5 Å². The maximum atomic E-state index is 5.11. The molecule has 260 valence electrons. The summed E-state index contributed by atoms with van der Waals surface area (Å²) in [4.78, 5) is 15.2. The minimum absolute atomic E-state index is 0.666. The molecule has 2 heterocycles. The van der Waals surface area contributed by atoms with Gasteiger partial charge in [0.15, 0.2) is 17.5 Å². The highest BCUT2D eigenvalue weighted by Crippen LogP contribution is 2.46. The largest absolute Gasteiger partial charge is 0.309 e. The molecule has 2 aliphatic carbocycles. The van der Waals surface area contributed by atoms with Crippen molar-refractivity contribution in [1.29, 1.82) is 0 Å². The van der Waals surface area contributed by atoms with Gasteiger partial charge in [-0.15, -0.1) is 0 Å². The minimum Gasteiger partial charge on any atom is -0.309 e. The lowest BCUT2D eigenvalue weighted by Gasteiger charge is -2.12. The molecule has 0 fully saturated rings. The van der Waals surface area contributed by atoms with Crippen molar-refractivity contribution in [3.05, 3.63) is 211 Å². The van der Waals surface area contributed by atoms with Gasteiger partial charge in [0.2, 0.25) is 0 Å². The Bertz CT molecular complexity index is 3020. The Hall–Kier alpha value is -7.52. The number of allylic oxidation sites excluding steroid dienone is 6. The summed E-state index contributed by atoms with van der Waals surface area (Å²) in [5, 5.41) is 2.46. The number of aromatic nitrogens is 4. The van der Waals surface area contributed by atoms with Crippen molar-refractivity contribution in [2.45, 2.75) is 6.42 Å². The molecule has 0 aliphatic heterocycles. The van der Waals surface area contributed by atoms with E-state index in [4.69, 9.17) is 15.0 Å². The highest BCUT2D eigenvalue weighted by atomic mass is 15.0. The first kappa shape index (κ1) is 32.0. The van der Waals surface area contributed by atoms with Gasteiger partial charge in [0.1, 0.15) is 12.2 Å². The highest BCUT2D eigenvalue weighted by Gasteiger charge is 2.26. The summed E-state index contributed by atoms with van der Waals surface area (Å²) in [6, 6.07) is 58.1. The molecule has 0 bridgehead atoms. The molecule has 0 N–H and O–H groups in total. The van der Waals surface area contributed by atoms with Crippen molar-refractivity contribution < 1.29 is 0 Å². The fourth-order valence-corrected chi connectivity index (χ4v) is 8.45. The zero-order valence-corrected chi connectivity index (χ0v) is 30.4. The molecule has 0 unspecified atom stereocenters. The fraction of sp³-hybridized carbons (Fsp3) is 0.0192. The van der Waals surface area contributed by atoms with Crippen LogP contribution in [0.5, 0.6) is 0 Å². The predicted octanol–water partition coefficient (Wildman–Crippen LogP) is 12.5. The SMILES string of the molecule is [C+]1=CC=C(c2ccc3c(c2)c2ccc(-c4cccc5c4Cc4c(-c6nc(-c7ccccc7)nc(-c7ccccc7)n6)cccc4-5)cc2n3-c2ccccc2)C=C1. The fourth-order valence-electron chi connectivity index (χ4n) is 8.45. The Kier molecular flexibility index (Phi) is 7.48. The first-order valence-corrected chi connectivity index (χ1v) is 19.0. The third-order valence-corrected chi connectivity index (χ3v) is 11.1. The highest BCUT2D eigenvalue weighted by molar-refractivity contribution is 6.11. The van der Waals surface area contributed by atoms with E-state index >= 15 is 0 Å². The monoisotopic (exact) mass is 713 g/mol. The molecule has 7 aromatic carbocycles. The van der Waals surface area contributed by atoms with E-state index in [1.54, 1.807) is 0 Å². The van der Waals surface area contributed by atoms with Crippen LogP contribution in [0, 0.1) is 6.08 Å². The molecule has 2 aliphatic rings. The topological polar surface area (TPSA) is 43.6 Å². The molecular weight excluding hydrogens is 681 g/mol. The van der Waals surface area contributed by atoms with Crippen molar-refractivity contribution >= 4 is 27.4 Å². The molecule has 0 radical (unpaired) electrons. The van der Waals surface area contributed by atoms with E-state index in [1.807, 2.05) is 48.6 Å². The lowest BCUT2D eigenvalue weighted by Crippen LogP contribution is -2.01. The second-order valence-electron chi connectivity index (χ2n) is 14.3. The van der Waals surface area contributed by atoms with Crippen LogP contribution in [0.15, 0.2) is 188 Å². The van der Waals surface area contributed by atoms with E-state index in [9.17, 15) is 0 Å². The van der Waals surface area contributed by atoms with E-state index in [0.717, 1.165) is 28.8 Å². The normalized spacial score (nSPS) is 12.8. The van der Waals surface area contributed by atoms with Crippen LogP contribution in [0.25, 0.3) is 89.5 Å². The van der Waals surface area contributed by atoms with Gasteiger partial charge in [-0.25, -0.2) is 15.0 Å². The summed E-state index contributed by atoms with van der Waals surface area (Å²) < 4.78 is 2.40. The minimum atomic E-state index is 0.666. The molecule has 2 aromatic heterocycles. The Morgan fingerprint density at radius 3 is 1.73 bits per heavy atom. The van der Waals surface area contributed by atoms with Gasteiger partial charge in [0.05, 0.1) is 28.8 Å². The van der Waals surface area contributed by atoms with Gasteiger partial charge in [-0.2, -0.15) is 0 Å². The second kappa shape index (κ2) is 13.1. The van der Waals surface area contributed by atoms with E-state index in [1.165, 1.54) is 66.3 Å². The maximum absolute atomic E-state index is 5.11. The van der Waals surface area contributed by atoms with Crippen LogP contribution >= 0.6 is 0 Å². The van der Waals surface area contributed by atoms with Crippen molar-refractivity contribution in [2.24, 2.45) is 0 Å². The maximum Gasteiger partial charge on any atom is 0.164 e. The molecule has 56 heavy (non-hydrogen) atoms. The van der Waals surface area contributed by atoms with Crippen LogP contribution in [0.1, 0.15) is 16.7 Å². The molecule has 0 saturated carbocycles. The molecule has 0 spiro atoms. The molecule has 4 nitrogen and oxygen atoms in total. The van der Waals surface area contributed by atoms with Crippen LogP contribution < -0.4 is 0 Å². The lowest BCUT2D eigenvalue weighted by atomic mass is 9.94. The average Bonchev–Trinajstić information content (AvgIpc) is 3.83. The number of hydrogen-bond donors (Lipinski definition) is 0. The molecule has 4 heteroatoms. The molecule has 0 atom stereocenters. The van der Waals surface area contributed by atoms with Crippen LogP contribution in [-0.4, -0.2) is 19.5 Å². The smallest absolute Gasteiger partial charge is 0.164 e. The van der Waals surface area contributed by atoms with Gasteiger partial charge in [-0.1, -0.05) is 127 Å². The molecule has 9 aromatic rings. The standard InChI is InChI=1S/C52H33N4/c1-5-15-34(16-6-1)37-28-30-48-47(31-37)43-29-27-38(32-49(43)56(48)39-21-11-4-12-22-39)40-23-13-24-41-42-25-14-26-44(46(42)33-45(40)41)52-54-50(35-17-7-2-8-18-35)53-51(55-52)36-19-9-3-10-20-36/h2-32H,33H2/q+1. The third-order valence-electron chi connectivity index (χ3n) is 11.1. The molecule has 0 amide bonds. The van der Waals surface area contributed by atoms with Crippen molar-refractivity contribution in [2.75, 3.05) is 0 Å². The summed E-state index contributed by atoms with van der Waals surface area (Å²) >= 11 is 0. The van der Waals surface area contributed by atoms with E-state index in [2.05, 4.69) is 150 Å². The van der Waals surface area contributed by atoms with Crippen molar-refractivity contribution in [3.63, 3.8) is 0 Å². The van der Waals surface area contributed by atoms with Crippen LogP contribution in [-0.2, 0) is 6.42 Å². The number of nitrogens with zero attached hydrogens (tertiary/aromatic N) is 4. The summed E-state index contributed by atoms with van der Waals surface area (Å²) in [6.07, 6.45) is 12.1. The zero-order chi connectivity index (χ0) is 37.0. The zero-order valence-electron chi connectivity index (χ0n) is 30.4. The van der Waals surface area contributed by atoms with Crippen molar-refractivity contribution in [3.8, 4) is 62.1 Å². The van der Waals surface area contributed by atoms with E-state index < -0.39 is 0 Å². The van der Waals surface area contributed by atoms with Gasteiger partial charge >= 0.3 is 0 Å². The van der Waals surface area contributed by atoms with Gasteiger partial charge in [-0.05, 0) is 69.8 Å². The van der Waals surface area contributed by atoms with E-state index in [0.29, 0.717) is 17.5 Å². The Labute approximate surface area is 325 Å². The molecule has 11 rings (SSSR count).